The van der Waals surface area contributed by atoms with Crippen LogP contribution in [0.3, 0.4) is 0 Å². The molecule has 1 aliphatic carbocycles. The molecule has 20 heavy (non-hydrogen) atoms. The fourth-order valence-electron chi connectivity index (χ4n) is 4.74. The van der Waals surface area contributed by atoms with Gasteiger partial charge in [-0.15, -0.1) is 0 Å². The summed E-state index contributed by atoms with van der Waals surface area (Å²) in [5.41, 5.74) is 1.27. The predicted octanol–water partition coefficient (Wildman–Crippen LogP) is 3.52. The van der Waals surface area contributed by atoms with Crippen LogP contribution < -0.4 is 5.32 Å². The largest absolute Gasteiger partial charge is 0.317 e. The molecule has 0 aromatic carbocycles. The van der Waals surface area contributed by atoms with E-state index in [9.17, 15) is 0 Å². The second kappa shape index (κ2) is 5.61. The van der Waals surface area contributed by atoms with Crippen LogP contribution in [-0.4, -0.2) is 37.6 Å². The number of rotatable bonds is 2. The first-order valence-corrected chi connectivity index (χ1v) is 8.93. The van der Waals surface area contributed by atoms with Gasteiger partial charge in [-0.25, -0.2) is 0 Å². The molecule has 2 saturated heterocycles. The smallest absolute Gasteiger partial charge is 0.00152 e. The lowest BCUT2D eigenvalue weighted by Gasteiger charge is -2.30. The molecule has 0 bridgehead atoms. The van der Waals surface area contributed by atoms with Gasteiger partial charge in [0.1, 0.15) is 0 Å². The molecule has 0 aromatic heterocycles. The van der Waals surface area contributed by atoms with E-state index in [1.807, 2.05) is 0 Å². The monoisotopic (exact) mass is 278 g/mol. The third kappa shape index (κ3) is 3.22. The Bertz CT molecular complexity index is 325. The fraction of sp³-hybridized carbons (Fsp3) is 1.00. The lowest BCUT2D eigenvalue weighted by atomic mass is 9.77. The number of hydrogen-bond donors (Lipinski definition) is 1. The van der Waals surface area contributed by atoms with Gasteiger partial charge in [0.15, 0.2) is 0 Å². The third-order valence-corrected chi connectivity index (χ3v) is 6.48. The number of nitrogens with one attached hydrogen (secondary N) is 1. The fourth-order valence-corrected chi connectivity index (χ4v) is 4.74. The molecule has 0 radical (unpaired) electrons. The van der Waals surface area contributed by atoms with Crippen LogP contribution in [0.5, 0.6) is 0 Å². The summed E-state index contributed by atoms with van der Waals surface area (Å²) in [4.78, 5) is 2.80. The number of nitrogens with zero attached hydrogens (tertiary/aromatic N) is 1. The Morgan fingerprint density at radius 3 is 2.55 bits per heavy atom. The number of piperidine rings is 1. The van der Waals surface area contributed by atoms with Crippen LogP contribution in [0.25, 0.3) is 0 Å². The van der Waals surface area contributed by atoms with Gasteiger partial charge >= 0.3 is 0 Å². The maximum absolute atomic E-state index is 3.52. The van der Waals surface area contributed by atoms with E-state index < -0.39 is 0 Å². The summed E-state index contributed by atoms with van der Waals surface area (Å²) in [5, 5.41) is 3.52. The average Bonchev–Trinajstić information content (AvgIpc) is 3.10. The van der Waals surface area contributed by atoms with Crippen molar-refractivity contribution in [1.82, 2.24) is 10.2 Å². The van der Waals surface area contributed by atoms with Crippen LogP contribution in [0.15, 0.2) is 0 Å². The van der Waals surface area contributed by atoms with Crippen LogP contribution in [0.4, 0.5) is 0 Å². The first kappa shape index (κ1) is 14.8. The van der Waals surface area contributed by atoms with Crippen LogP contribution in [-0.2, 0) is 0 Å². The van der Waals surface area contributed by atoms with Crippen LogP contribution >= 0.6 is 0 Å². The molecule has 116 valence electrons. The van der Waals surface area contributed by atoms with E-state index in [0.29, 0.717) is 5.41 Å². The normalized spacial score (nSPS) is 35.0. The van der Waals surface area contributed by atoms with E-state index in [2.05, 4.69) is 31.0 Å². The van der Waals surface area contributed by atoms with Gasteiger partial charge in [0.05, 0.1) is 0 Å². The highest BCUT2D eigenvalue weighted by Gasteiger charge is 2.53. The van der Waals surface area contributed by atoms with Gasteiger partial charge in [0.25, 0.3) is 0 Å². The Hall–Kier alpha value is -0.0800. The topological polar surface area (TPSA) is 15.3 Å². The maximum Gasteiger partial charge on any atom is 0.00152 e. The highest BCUT2D eigenvalue weighted by atomic mass is 15.1. The Labute approximate surface area is 125 Å². The lowest BCUT2D eigenvalue weighted by Crippen LogP contribution is -2.33. The van der Waals surface area contributed by atoms with E-state index >= 15 is 0 Å². The minimum atomic E-state index is 0.506. The van der Waals surface area contributed by atoms with Gasteiger partial charge in [-0.3, -0.25) is 0 Å². The summed E-state index contributed by atoms with van der Waals surface area (Å²) in [6.45, 7) is 13.9. The Morgan fingerprint density at radius 1 is 1.10 bits per heavy atom. The van der Waals surface area contributed by atoms with Crippen molar-refractivity contribution in [1.29, 1.82) is 0 Å². The van der Waals surface area contributed by atoms with E-state index in [1.54, 1.807) is 0 Å². The van der Waals surface area contributed by atoms with Crippen molar-refractivity contribution in [3.8, 4) is 0 Å². The van der Waals surface area contributed by atoms with Gasteiger partial charge in [-0.05, 0) is 87.4 Å². The Morgan fingerprint density at radius 2 is 1.85 bits per heavy atom. The van der Waals surface area contributed by atoms with Crippen LogP contribution in [0, 0.1) is 22.7 Å². The molecular formula is C18H34N2. The predicted molar refractivity (Wildman–Crippen MR) is 85.9 cm³/mol. The molecule has 3 rings (SSSR count). The SMILES string of the molecule is CC(C)(C)C1CCCN(CC2CC23CCNCC3)CC1. The molecule has 3 aliphatic rings. The lowest BCUT2D eigenvalue weighted by molar-refractivity contribution is 0.200. The van der Waals surface area contributed by atoms with Crippen molar-refractivity contribution in [2.45, 2.75) is 59.3 Å². The van der Waals surface area contributed by atoms with Crippen molar-refractivity contribution in [2.75, 3.05) is 32.7 Å². The summed E-state index contributed by atoms with van der Waals surface area (Å²) in [6, 6.07) is 0. The van der Waals surface area contributed by atoms with Crippen molar-refractivity contribution in [2.24, 2.45) is 22.7 Å². The molecule has 2 heteroatoms. The molecule has 0 aromatic rings. The van der Waals surface area contributed by atoms with Gasteiger partial charge in [-0.1, -0.05) is 20.8 Å². The Balaban J connectivity index is 1.48. The van der Waals surface area contributed by atoms with E-state index in [0.717, 1.165) is 17.3 Å². The molecule has 1 N–H and O–H groups in total. The van der Waals surface area contributed by atoms with Gasteiger partial charge in [-0.2, -0.15) is 0 Å². The quantitative estimate of drug-likeness (QED) is 0.831. The highest BCUT2D eigenvalue weighted by molar-refractivity contribution is 5.05. The summed E-state index contributed by atoms with van der Waals surface area (Å²) >= 11 is 0. The maximum atomic E-state index is 3.52. The summed E-state index contributed by atoms with van der Waals surface area (Å²) in [6.07, 6.45) is 8.69. The van der Waals surface area contributed by atoms with Gasteiger partial charge in [0.2, 0.25) is 0 Å². The van der Waals surface area contributed by atoms with Gasteiger partial charge in [0, 0.05) is 6.54 Å². The highest BCUT2D eigenvalue weighted by Crippen LogP contribution is 2.58. The van der Waals surface area contributed by atoms with Gasteiger partial charge < -0.3 is 10.2 Å². The zero-order valence-corrected chi connectivity index (χ0v) is 13.9. The molecule has 0 amide bonds. The Kier molecular flexibility index (Phi) is 4.16. The zero-order valence-electron chi connectivity index (χ0n) is 13.9. The molecular weight excluding hydrogens is 244 g/mol. The van der Waals surface area contributed by atoms with Crippen molar-refractivity contribution < 1.29 is 0 Å². The number of likely N-dealkylation sites (tertiary alicyclic amines) is 1. The molecule has 2 nitrogen and oxygen atoms in total. The van der Waals surface area contributed by atoms with Crippen molar-refractivity contribution in [3.05, 3.63) is 0 Å². The standard InChI is InChI=1S/C18H34N2/c1-17(2,3)15-5-4-11-20(12-6-15)14-16-13-18(16)7-9-19-10-8-18/h15-16,19H,4-14H2,1-3H3. The summed E-state index contributed by atoms with van der Waals surface area (Å²) < 4.78 is 0. The summed E-state index contributed by atoms with van der Waals surface area (Å²) in [7, 11) is 0. The molecule has 2 atom stereocenters. The van der Waals surface area contributed by atoms with Crippen LogP contribution in [0.2, 0.25) is 0 Å². The van der Waals surface area contributed by atoms with E-state index in [4.69, 9.17) is 0 Å². The first-order valence-electron chi connectivity index (χ1n) is 8.93. The zero-order chi connectivity index (χ0) is 14.2. The molecule has 1 saturated carbocycles. The summed E-state index contributed by atoms with van der Waals surface area (Å²) in [5.74, 6) is 1.95. The average molecular weight is 278 g/mol. The second-order valence-electron chi connectivity index (χ2n) is 8.81. The van der Waals surface area contributed by atoms with Crippen molar-refractivity contribution in [3.63, 3.8) is 0 Å². The third-order valence-electron chi connectivity index (χ3n) is 6.48. The minimum Gasteiger partial charge on any atom is -0.317 e. The van der Waals surface area contributed by atoms with E-state index in [-0.39, 0.29) is 0 Å². The molecule has 2 heterocycles. The first-order chi connectivity index (χ1) is 9.50. The van der Waals surface area contributed by atoms with Crippen LogP contribution in [0.1, 0.15) is 59.3 Å². The molecule has 2 aliphatic heterocycles. The second-order valence-corrected chi connectivity index (χ2v) is 8.81. The molecule has 1 spiro atoms. The molecule has 3 fully saturated rings. The number of hydrogen-bond acceptors (Lipinski definition) is 2. The van der Waals surface area contributed by atoms with Crippen molar-refractivity contribution >= 4 is 0 Å². The van der Waals surface area contributed by atoms with E-state index in [1.165, 1.54) is 71.2 Å². The molecule has 2 unspecified atom stereocenters. The minimum absolute atomic E-state index is 0.506.